The Bertz CT molecular complexity index is 601. The van der Waals surface area contributed by atoms with Gasteiger partial charge in [0.2, 0.25) is 0 Å². The van der Waals surface area contributed by atoms with Crippen LogP contribution in [0.2, 0.25) is 0 Å². The number of nitro benzene ring substituents is 1. The third-order valence-electron chi connectivity index (χ3n) is 2.81. The average Bonchev–Trinajstić information content (AvgIpc) is 2.39. The highest BCUT2D eigenvalue weighted by molar-refractivity contribution is 5.99. The van der Waals surface area contributed by atoms with E-state index in [0.29, 0.717) is 12.0 Å². The summed E-state index contributed by atoms with van der Waals surface area (Å²) in [5.74, 6) is 0. The van der Waals surface area contributed by atoms with Crippen LogP contribution < -0.4 is 5.32 Å². The maximum absolute atomic E-state index is 11.0. The lowest BCUT2D eigenvalue weighted by atomic mass is 10.1. The van der Waals surface area contributed by atoms with Gasteiger partial charge in [0, 0.05) is 42.7 Å². The lowest BCUT2D eigenvalue weighted by Crippen LogP contribution is -2.20. The highest BCUT2D eigenvalue weighted by atomic mass is 16.6. The summed E-state index contributed by atoms with van der Waals surface area (Å²) in [5, 5.41) is 15.6. The van der Waals surface area contributed by atoms with Crippen molar-refractivity contribution in [3.63, 3.8) is 0 Å². The first kappa shape index (κ1) is 13.2. The number of nitrogens with one attached hydrogen (secondary N) is 1. The third kappa shape index (κ3) is 2.79. The lowest BCUT2D eigenvalue weighted by Gasteiger charge is -2.15. The van der Waals surface area contributed by atoms with Crippen molar-refractivity contribution in [1.29, 1.82) is 0 Å². The van der Waals surface area contributed by atoms with Gasteiger partial charge in [0.05, 0.1) is 16.9 Å². The molecule has 0 aliphatic heterocycles. The summed E-state index contributed by atoms with van der Waals surface area (Å²) in [5.41, 5.74) is 0.903. The number of nitro groups is 1. The Kier molecular flexibility index (Phi) is 3.91. The van der Waals surface area contributed by atoms with Crippen molar-refractivity contribution in [2.45, 2.75) is 13.0 Å². The van der Waals surface area contributed by atoms with Gasteiger partial charge in [-0.05, 0) is 19.1 Å². The Labute approximate surface area is 110 Å². The molecule has 0 fully saturated rings. The molecule has 0 radical (unpaired) electrons. The third-order valence-corrected chi connectivity index (χ3v) is 2.81. The van der Waals surface area contributed by atoms with Crippen LogP contribution in [-0.4, -0.2) is 29.7 Å². The molecule has 1 N–H and O–H groups in total. The molecule has 19 heavy (non-hydrogen) atoms. The van der Waals surface area contributed by atoms with Gasteiger partial charge in [-0.2, -0.15) is 0 Å². The number of nitrogens with zero attached hydrogens (tertiary/aromatic N) is 2. The zero-order valence-electron chi connectivity index (χ0n) is 10.8. The standard InChI is InChI=1S/C13H15N3O3/c1-9(8-19-2)15-12-3-4-13(16(17)18)11-7-14-6-5-10(11)12/h3-7,9,15H,8H2,1-2H3. The molecule has 6 heteroatoms. The molecule has 0 bridgehead atoms. The minimum atomic E-state index is -0.396. The summed E-state index contributed by atoms with van der Waals surface area (Å²) < 4.78 is 5.07. The van der Waals surface area contributed by atoms with E-state index in [-0.39, 0.29) is 11.7 Å². The quantitative estimate of drug-likeness (QED) is 0.661. The zero-order valence-corrected chi connectivity index (χ0v) is 10.8. The highest BCUT2D eigenvalue weighted by Gasteiger charge is 2.15. The highest BCUT2D eigenvalue weighted by Crippen LogP contribution is 2.30. The van der Waals surface area contributed by atoms with Crippen LogP contribution in [-0.2, 0) is 4.74 Å². The number of aromatic nitrogens is 1. The fourth-order valence-corrected chi connectivity index (χ4v) is 2.02. The molecule has 100 valence electrons. The topological polar surface area (TPSA) is 77.3 Å². The van der Waals surface area contributed by atoms with Crippen LogP contribution in [0, 0.1) is 10.1 Å². The molecule has 0 spiro atoms. The van der Waals surface area contributed by atoms with Crippen LogP contribution in [0.5, 0.6) is 0 Å². The molecule has 1 aromatic carbocycles. The maximum Gasteiger partial charge on any atom is 0.278 e. The van der Waals surface area contributed by atoms with Crippen LogP contribution in [0.15, 0.2) is 30.6 Å². The number of hydrogen-bond acceptors (Lipinski definition) is 5. The minimum absolute atomic E-state index is 0.0630. The van der Waals surface area contributed by atoms with Gasteiger partial charge in [-0.25, -0.2) is 0 Å². The SMILES string of the molecule is COCC(C)Nc1ccc([N+](=O)[O-])c2cnccc12. The fourth-order valence-electron chi connectivity index (χ4n) is 2.02. The van der Waals surface area contributed by atoms with Gasteiger partial charge in [0.25, 0.3) is 5.69 Å². The predicted molar refractivity (Wildman–Crippen MR) is 73.4 cm³/mol. The first-order valence-corrected chi connectivity index (χ1v) is 5.90. The van der Waals surface area contributed by atoms with Gasteiger partial charge < -0.3 is 10.1 Å². The largest absolute Gasteiger partial charge is 0.383 e. The molecule has 2 rings (SSSR count). The van der Waals surface area contributed by atoms with Crippen molar-refractivity contribution in [3.05, 3.63) is 40.7 Å². The summed E-state index contributed by atoms with van der Waals surface area (Å²) in [7, 11) is 1.63. The van der Waals surface area contributed by atoms with E-state index in [1.807, 2.05) is 6.92 Å². The summed E-state index contributed by atoms with van der Waals surface area (Å²) >= 11 is 0. The fraction of sp³-hybridized carbons (Fsp3) is 0.308. The van der Waals surface area contributed by atoms with Crippen LogP contribution in [0.25, 0.3) is 10.8 Å². The smallest absolute Gasteiger partial charge is 0.278 e. The summed E-state index contributed by atoms with van der Waals surface area (Å²) in [6.07, 6.45) is 3.14. The van der Waals surface area contributed by atoms with Crippen LogP contribution >= 0.6 is 0 Å². The number of fused-ring (bicyclic) bond motifs is 1. The molecule has 0 aliphatic carbocycles. The first-order chi connectivity index (χ1) is 9.13. The minimum Gasteiger partial charge on any atom is -0.383 e. The van der Waals surface area contributed by atoms with Gasteiger partial charge in [-0.1, -0.05) is 0 Å². The van der Waals surface area contributed by atoms with E-state index in [9.17, 15) is 10.1 Å². The van der Waals surface area contributed by atoms with Crippen molar-refractivity contribution in [3.8, 4) is 0 Å². The monoisotopic (exact) mass is 261 g/mol. The van der Waals surface area contributed by atoms with Crippen LogP contribution in [0.4, 0.5) is 11.4 Å². The van der Waals surface area contributed by atoms with E-state index in [1.54, 1.807) is 25.4 Å². The van der Waals surface area contributed by atoms with Crippen molar-refractivity contribution in [2.75, 3.05) is 19.0 Å². The average molecular weight is 261 g/mol. The normalized spacial score (nSPS) is 12.3. The molecular weight excluding hydrogens is 246 g/mol. The van der Waals surface area contributed by atoms with Crippen molar-refractivity contribution in [2.24, 2.45) is 0 Å². The van der Waals surface area contributed by atoms with E-state index in [4.69, 9.17) is 4.74 Å². The van der Waals surface area contributed by atoms with Gasteiger partial charge in [-0.3, -0.25) is 15.1 Å². The molecule has 1 aromatic heterocycles. The van der Waals surface area contributed by atoms with E-state index in [1.165, 1.54) is 12.3 Å². The number of pyridine rings is 1. The second kappa shape index (κ2) is 5.62. The molecule has 0 amide bonds. The van der Waals surface area contributed by atoms with Crippen LogP contribution in [0.3, 0.4) is 0 Å². The first-order valence-electron chi connectivity index (χ1n) is 5.90. The van der Waals surface area contributed by atoms with Gasteiger partial charge in [0.15, 0.2) is 0 Å². The van der Waals surface area contributed by atoms with Gasteiger partial charge >= 0.3 is 0 Å². The molecule has 1 heterocycles. The predicted octanol–water partition coefficient (Wildman–Crippen LogP) is 2.59. The Morgan fingerprint density at radius 3 is 2.89 bits per heavy atom. The van der Waals surface area contributed by atoms with Crippen molar-refractivity contribution < 1.29 is 9.66 Å². The van der Waals surface area contributed by atoms with E-state index < -0.39 is 4.92 Å². The summed E-state index contributed by atoms with van der Waals surface area (Å²) in [4.78, 5) is 14.5. The summed E-state index contributed by atoms with van der Waals surface area (Å²) in [6.45, 7) is 2.54. The van der Waals surface area contributed by atoms with Gasteiger partial charge in [0.1, 0.15) is 0 Å². The second-order valence-electron chi connectivity index (χ2n) is 4.31. The van der Waals surface area contributed by atoms with Crippen molar-refractivity contribution in [1.82, 2.24) is 4.98 Å². The number of ether oxygens (including phenoxy) is 1. The Balaban J connectivity index is 2.46. The number of non-ortho nitro benzene ring substituents is 1. The molecule has 0 saturated carbocycles. The lowest BCUT2D eigenvalue weighted by molar-refractivity contribution is -0.383. The molecular formula is C13H15N3O3. The molecule has 0 saturated heterocycles. The van der Waals surface area contributed by atoms with Crippen molar-refractivity contribution >= 4 is 22.1 Å². The molecule has 1 unspecified atom stereocenters. The van der Waals surface area contributed by atoms with Crippen LogP contribution in [0.1, 0.15) is 6.92 Å². The number of rotatable bonds is 5. The second-order valence-corrected chi connectivity index (χ2v) is 4.31. The van der Waals surface area contributed by atoms with Gasteiger partial charge in [-0.15, -0.1) is 0 Å². The Morgan fingerprint density at radius 2 is 2.21 bits per heavy atom. The maximum atomic E-state index is 11.0. The molecule has 2 aromatic rings. The molecule has 0 aliphatic rings. The zero-order chi connectivity index (χ0) is 13.8. The van der Waals surface area contributed by atoms with E-state index >= 15 is 0 Å². The number of benzene rings is 1. The number of anilines is 1. The van der Waals surface area contributed by atoms with E-state index in [2.05, 4.69) is 10.3 Å². The van der Waals surface area contributed by atoms with E-state index in [0.717, 1.165) is 11.1 Å². The summed E-state index contributed by atoms with van der Waals surface area (Å²) in [6, 6.07) is 5.09. The number of hydrogen-bond donors (Lipinski definition) is 1. The molecule has 6 nitrogen and oxygen atoms in total. The Hall–Kier alpha value is -2.21. The number of methoxy groups -OCH3 is 1. The molecule has 1 atom stereocenters. The Morgan fingerprint density at radius 1 is 1.42 bits per heavy atom.